The maximum atomic E-state index is 11.2. The second kappa shape index (κ2) is 4.70. The zero-order valence-corrected chi connectivity index (χ0v) is 10.2. The highest BCUT2D eigenvalue weighted by molar-refractivity contribution is 8.00. The largest absolute Gasteiger partial charge is 0.312 e. The lowest BCUT2D eigenvalue weighted by atomic mass is 10.2. The summed E-state index contributed by atoms with van der Waals surface area (Å²) in [5.74, 6) is 1.50. The maximum Gasteiger partial charge on any atom is 0.249 e. The number of amidine groups is 1. The van der Waals surface area contributed by atoms with Gasteiger partial charge < -0.3 is 5.32 Å². The van der Waals surface area contributed by atoms with Crippen LogP contribution < -0.4 is 5.32 Å². The van der Waals surface area contributed by atoms with E-state index in [9.17, 15) is 4.79 Å². The Hall–Kier alpha value is -1.29. The third-order valence-electron chi connectivity index (χ3n) is 2.36. The molecule has 0 spiro atoms. The molecule has 2 rings (SSSR count). The number of carbonyl (C=O) groups excluding carboxylic acids is 1. The molecule has 1 aromatic carbocycles. The predicted molar refractivity (Wildman–Crippen MR) is 66.9 cm³/mol. The van der Waals surface area contributed by atoms with Gasteiger partial charge in [0, 0.05) is 4.90 Å². The van der Waals surface area contributed by atoms with Gasteiger partial charge >= 0.3 is 0 Å². The van der Waals surface area contributed by atoms with E-state index in [2.05, 4.69) is 35.4 Å². The minimum Gasteiger partial charge on any atom is -0.312 e. The van der Waals surface area contributed by atoms with Crippen LogP contribution in [0.15, 0.2) is 34.2 Å². The van der Waals surface area contributed by atoms with E-state index in [1.807, 2.05) is 6.07 Å². The summed E-state index contributed by atoms with van der Waals surface area (Å²) < 4.78 is 0. The first-order chi connectivity index (χ1) is 7.65. The van der Waals surface area contributed by atoms with Crippen molar-refractivity contribution < 1.29 is 4.79 Å². The van der Waals surface area contributed by atoms with Gasteiger partial charge in [-0.25, -0.2) is 0 Å². The molecule has 0 aromatic heterocycles. The van der Waals surface area contributed by atoms with Crippen molar-refractivity contribution >= 4 is 23.5 Å². The fraction of sp³-hybridized carbons (Fsp3) is 0.333. The van der Waals surface area contributed by atoms with Gasteiger partial charge in [0.15, 0.2) is 0 Å². The molecule has 4 heteroatoms. The molecule has 0 fully saturated rings. The van der Waals surface area contributed by atoms with Crippen molar-refractivity contribution in [2.24, 2.45) is 4.99 Å². The second-order valence-electron chi connectivity index (χ2n) is 3.85. The molecule has 1 heterocycles. The number of rotatable bonds is 3. The van der Waals surface area contributed by atoms with Crippen LogP contribution in [0, 0.1) is 6.92 Å². The van der Waals surface area contributed by atoms with E-state index < -0.39 is 0 Å². The predicted octanol–water partition coefficient (Wildman–Crippen LogP) is 2.00. The number of thioether (sulfide) groups is 1. The first-order valence-electron chi connectivity index (χ1n) is 5.22. The lowest BCUT2D eigenvalue weighted by Crippen LogP contribution is -2.28. The minimum atomic E-state index is -0.229. The van der Waals surface area contributed by atoms with Crippen molar-refractivity contribution in [1.82, 2.24) is 5.32 Å². The summed E-state index contributed by atoms with van der Waals surface area (Å²) in [6.45, 7) is 3.88. The number of benzene rings is 1. The molecule has 16 heavy (non-hydrogen) atoms. The van der Waals surface area contributed by atoms with Crippen molar-refractivity contribution in [2.45, 2.75) is 24.8 Å². The van der Waals surface area contributed by atoms with E-state index in [4.69, 9.17) is 0 Å². The average molecular weight is 234 g/mol. The van der Waals surface area contributed by atoms with Crippen molar-refractivity contribution in [3.05, 3.63) is 29.8 Å². The van der Waals surface area contributed by atoms with Crippen LogP contribution in [-0.2, 0) is 4.79 Å². The number of nitrogens with one attached hydrogen (secondary N) is 1. The molecule has 1 unspecified atom stereocenters. The summed E-state index contributed by atoms with van der Waals surface area (Å²) in [4.78, 5) is 16.7. The normalized spacial score (nSPS) is 19.5. The van der Waals surface area contributed by atoms with Crippen LogP contribution in [0.4, 0.5) is 0 Å². The number of hydrogen-bond donors (Lipinski definition) is 1. The first-order valence-corrected chi connectivity index (χ1v) is 6.21. The van der Waals surface area contributed by atoms with Crippen LogP contribution in [0.5, 0.6) is 0 Å². The molecule has 84 valence electrons. The molecule has 1 aliphatic heterocycles. The molecule has 0 radical (unpaired) electrons. The van der Waals surface area contributed by atoms with Gasteiger partial charge in [0.25, 0.3) is 0 Å². The highest BCUT2D eigenvalue weighted by atomic mass is 32.2. The number of amides is 1. The molecule has 1 atom stereocenters. The molecule has 1 aliphatic rings. The lowest BCUT2D eigenvalue weighted by Gasteiger charge is -2.02. The van der Waals surface area contributed by atoms with Crippen LogP contribution in [0.3, 0.4) is 0 Å². The fourth-order valence-corrected chi connectivity index (χ4v) is 2.40. The topological polar surface area (TPSA) is 41.5 Å². The van der Waals surface area contributed by atoms with Crippen molar-refractivity contribution in [1.29, 1.82) is 0 Å². The van der Waals surface area contributed by atoms with Gasteiger partial charge in [0.05, 0.1) is 5.75 Å². The number of hydrogen-bond acceptors (Lipinski definition) is 3. The molecule has 0 saturated heterocycles. The van der Waals surface area contributed by atoms with E-state index in [1.54, 1.807) is 18.7 Å². The monoisotopic (exact) mass is 234 g/mol. The maximum absolute atomic E-state index is 11.2. The molecule has 1 N–H and O–H groups in total. The van der Waals surface area contributed by atoms with Crippen LogP contribution >= 0.6 is 11.8 Å². The van der Waals surface area contributed by atoms with E-state index in [0.717, 1.165) is 11.6 Å². The number of aryl methyl sites for hydroxylation is 1. The third kappa shape index (κ3) is 2.64. The van der Waals surface area contributed by atoms with E-state index >= 15 is 0 Å². The summed E-state index contributed by atoms with van der Waals surface area (Å²) in [5.41, 5.74) is 1.25. The molecule has 1 amide bonds. The van der Waals surface area contributed by atoms with Gasteiger partial charge in [0.2, 0.25) is 5.91 Å². The number of carbonyl (C=O) groups is 1. The Labute approximate surface area is 99.3 Å². The molecule has 0 aliphatic carbocycles. The number of aliphatic imine (C=N–C) groups is 1. The Kier molecular flexibility index (Phi) is 3.29. The quantitative estimate of drug-likeness (QED) is 0.813. The highest BCUT2D eigenvalue weighted by Crippen LogP contribution is 2.19. The molecule has 1 aromatic rings. The molecule has 0 bridgehead atoms. The highest BCUT2D eigenvalue weighted by Gasteiger charge is 2.21. The zero-order chi connectivity index (χ0) is 11.5. The van der Waals surface area contributed by atoms with Gasteiger partial charge in [-0.05, 0) is 26.0 Å². The van der Waals surface area contributed by atoms with Crippen molar-refractivity contribution in [3.8, 4) is 0 Å². The average Bonchev–Trinajstić information content (AvgIpc) is 2.56. The standard InChI is InChI=1S/C12H14N2OS/c1-8-4-3-5-10(6-8)16-7-11-13-9(2)12(15)14-11/h3-6,9H,7H2,1-2H3,(H,13,14,15). The van der Waals surface area contributed by atoms with E-state index in [-0.39, 0.29) is 11.9 Å². The summed E-state index contributed by atoms with van der Waals surface area (Å²) in [7, 11) is 0. The Morgan fingerprint density at radius 3 is 2.94 bits per heavy atom. The fourth-order valence-electron chi connectivity index (χ4n) is 1.50. The Morgan fingerprint density at radius 1 is 1.50 bits per heavy atom. The summed E-state index contributed by atoms with van der Waals surface area (Å²) in [6, 6.07) is 8.08. The van der Waals surface area contributed by atoms with Gasteiger partial charge in [-0.3, -0.25) is 9.79 Å². The Bertz CT molecular complexity index is 442. The van der Waals surface area contributed by atoms with Crippen LogP contribution in [0.25, 0.3) is 0 Å². The van der Waals surface area contributed by atoms with Gasteiger partial charge in [-0.2, -0.15) is 0 Å². The molecule has 3 nitrogen and oxygen atoms in total. The molecular weight excluding hydrogens is 220 g/mol. The summed E-state index contributed by atoms with van der Waals surface area (Å²) in [6.07, 6.45) is 0. The summed E-state index contributed by atoms with van der Waals surface area (Å²) >= 11 is 1.69. The molecular formula is C12H14N2OS. The van der Waals surface area contributed by atoms with E-state index in [0.29, 0.717) is 0 Å². The smallest absolute Gasteiger partial charge is 0.249 e. The van der Waals surface area contributed by atoms with Crippen molar-refractivity contribution in [3.63, 3.8) is 0 Å². The zero-order valence-electron chi connectivity index (χ0n) is 9.36. The first kappa shape index (κ1) is 11.2. The van der Waals surface area contributed by atoms with Gasteiger partial charge in [-0.1, -0.05) is 17.7 Å². The molecule has 0 saturated carbocycles. The van der Waals surface area contributed by atoms with Crippen LogP contribution in [-0.4, -0.2) is 23.5 Å². The van der Waals surface area contributed by atoms with Gasteiger partial charge in [-0.15, -0.1) is 11.8 Å². The third-order valence-corrected chi connectivity index (χ3v) is 3.37. The Balaban J connectivity index is 1.93. The second-order valence-corrected chi connectivity index (χ2v) is 4.89. The van der Waals surface area contributed by atoms with Gasteiger partial charge in [0.1, 0.15) is 11.9 Å². The lowest BCUT2D eigenvalue weighted by molar-refractivity contribution is -0.119. The SMILES string of the molecule is Cc1cccc(SCC2=NC(C)C(=O)N2)c1. The van der Waals surface area contributed by atoms with Crippen LogP contribution in [0.2, 0.25) is 0 Å². The van der Waals surface area contributed by atoms with Crippen molar-refractivity contribution in [2.75, 3.05) is 5.75 Å². The summed E-state index contributed by atoms with van der Waals surface area (Å²) in [5, 5.41) is 2.78. The number of nitrogens with zero attached hydrogens (tertiary/aromatic N) is 1. The van der Waals surface area contributed by atoms with Crippen LogP contribution in [0.1, 0.15) is 12.5 Å². The minimum absolute atomic E-state index is 0.000146. The van der Waals surface area contributed by atoms with E-state index in [1.165, 1.54) is 10.5 Å². The Morgan fingerprint density at radius 2 is 2.31 bits per heavy atom.